The molecule has 2 N–H and O–H groups in total. The normalized spacial score (nSPS) is 11.0. The lowest BCUT2D eigenvalue weighted by Gasteiger charge is -2.11. The van der Waals surface area contributed by atoms with Gasteiger partial charge in [0.1, 0.15) is 11.4 Å². The van der Waals surface area contributed by atoms with Crippen LogP contribution in [0, 0.1) is 6.92 Å². The summed E-state index contributed by atoms with van der Waals surface area (Å²) in [6.07, 6.45) is 2.76. The number of aromatic nitrogens is 3. The Morgan fingerprint density at radius 3 is 2.42 bits per heavy atom. The van der Waals surface area contributed by atoms with Crippen LogP contribution in [0.1, 0.15) is 41.2 Å². The van der Waals surface area contributed by atoms with E-state index in [1.165, 1.54) is 16.7 Å². The minimum Gasteiger partial charge on any atom is -0.398 e. The van der Waals surface area contributed by atoms with E-state index in [2.05, 4.69) is 41.6 Å². The van der Waals surface area contributed by atoms with Crippen molar-refractivity contribution in [3.8, 4) is 11.4 Å². The van der Waals surface area contributed by atoms with Gasteiger partial charge in [-0.2, -0.15) is 5.10 Å². The van der Waals surface area contributed by atoms with Crippen molar-refractivity contribution >= 4 is 17.0 Å². The SMILES string of the molecule is CCc1cc(Cc2nc(-c3ccc(C)nn3)cs2)c(CC)cc1N. The summed E-state index contributed by atoms with van der Waals surface area (Å²) in [4.78, 5) is 4.74. The maximum absolute atomic E-state index is 6.13. The molecule has 0 atom stereocenters. The summed E-state index contributed by atoms with van der Waals surface area (Å²) in [6.45, 7) is 6.24. The van der Waals surface area contributed by atoms with Gasteiger partial charge in [0.25, 0.3) is 0 Å². The van der Waals surface area contributed by atoms with Gasteiger partial charge < -0.3 is 5.73 Å². The number of nitrogen functional groups attached to an aromatic ring is 1. The summed E-state index contributed by atoms with van der Waals surface area (Å²) in [6, 6.07) is 8.29. The summed E-state index contributed by atoms with van der Waals surface area (Å²) in [5.41, 5.74) is 13.5. The highest BCUT2D eigenvalue weighted by Gasteiger charge is 2.11. The van der Waals surface area contributed by atoms with Crippen molar-refractivity contribution in [2.45, 2.75) is 40.0 Å². The van der Waals surface area contributed by atoms with Crippen LogP contribution in [0.5, 0.6) is 0 Å². The van der Waals surface area contributed by atoms with Crippen molar-refractivity contribution in [1.29, 1.82) is 0 Å². The Morgan fingerprint density at radius 1 is 0.958 bits per heavy atom. The Labute approximate surface area is 146 Å². The van der Waals surface area contributed by atoms with Crippen LogP contribution in [0.2, 0.25) is 0 Å². The van der Waals surface area contributed by atoms with Crippen LogP contribution in [0.15, 0.2) is 29.6 Å². The van der Waals surface area contributed by atoms with Gasteiger partial charge >= 0.3 is 0 Å². The first kappa shape index (κ1) is 16.6. The van der Waals surface area contributed by atoms with E-state index in [9.17, 15) is 0 Å². The number of nitrogens with zero attached hydrogens (tertiary/aromatic N) is 3. The minimum atomic E-state index is 0.824. The molecular formula is C19H22N4S. The van der Waals surface area contributed by atoms with Gasteiger partial charge in [-0.05, 0) is 54.7 Å². The van der Waals surface area contributed by atoms with E-state index in [4.69, 9.17) is 10.7 Å². The summed E-state index contributed by atoms with van der Waals surface area (Å²) in [5.74, 6) is 0. The van der Waals surface area contributed by atoms with E-state index in [-0.39, 0.29) is 0 Å². The standard InChI is InChI=1S/C19H22N4S/c1-4-13-9-16(20)14(5-2)8-15(13)10-19-21-18(11-24-19)17-7-6-12(3)22-23-17/h6-9,11H,4-5,10,20H2,1-3H3. The average molecular weight is 338 g/mol. The molecule has 2 aromatic heterocycles. The molecule has 4 nitrogen and oxygen atoms in total. The fourth-order valence-electron chi connectivity index (χ4n) is 2.77. The molecule has 1 aromatic carbocycles. The van der Waals surface area contributed by atoms with Crippen molar-refractivity contribution in [3.05, 3.63) is 57.0 Å². The number of aryl methyl sites for hydroxylation is 3. The van der Waals surface area contributed by atoms with Crippen LogP contribution in [0.4, 0.5) is 5.69 Å². The molecule has 0 saturated heterocycles. The highest BCUT2D eigenvalue weighted by atomic mass is 32.1. The molecule has 0 aliphatic carbocycles. The van der Waals surface area contributed by atoms with Gasteiger partial charge in [0.05, 0.1) is 10.7 Å². The molecule has 0 aliphatic heterocycles. The fraction of sp³-hybridized carbons (Fsp3) is 0.316. The summed E-state index contributed by atoms with van der Waals surface area (Å²) in [7, 11) is 0. The predicted molar refractivity (Wildman–Crippen MR) is 100 cm³/mol. The molecule has 0 saturated carbocycles. The second-order valence-electron chi connectivity index (χ2n) is 5.89. The van der Waals surface area contributed by atoms with Crippen LogP contribution in [0.25, 0.3) is 11.4 Å². The van der Waals surface area contributed by atoms with E-state index in [0.29, 0.717) is 0 Å². The first-order valence-corrected chi connectivity index (χ1v) is 9.14. The Kier molecular flexibility index (Phi) is 4.90. The van der Waals surface area contributed by atoms with E-state index in [0.717, 1.165) is 47.0 Å². The number of thiazole rings is 1. The third-order valence-corrected chi connectivity index (χ3v) is 5.03. The summed E-state index contributed by atoms with van der Waals surface area (Å²) < 4.78 is 0. The summed E-state index contributed by atoms with van der Waals surface area (Å²) >= 11 is 1.67. The number of anilines is 1. The molecule has 24 heavy (non-hydrogen) atoms. The Hall–Kier alpha value is -2.27. The number of hydrogen-bond acceptors (Lipinski definition) is 5. The van der Waals surface area contributed by atoms with Crippen LogP contribution in [-0.2, 0) is 19.3 Å². The van der Waals surface area contributed by atoms with Crippen molar-refractivity contribution < 1.29 is 0 Å². The molecule has 0 fully saturated rings. The number of nitrogens with two attached hydrogens (primary N) is 1. The molecule has 0 amide bonds. The molecule has 0 bridgehead atoms. The van der Waals surface area contributed by atoms with Crippen molar-refractivity contribution in [2.75, 3.05) is 5.73 Å². The lowest BCUT2D eigenvalue weighted by atomic mass is 9.97. The molecule has 3 aromatic rings. The van der Waals surface area contributed by atoms with Gasteiger partial charge in [0, 0.05) is 17.5 Å². The zero-order valence-corrected chi connectivity index (χ0v) is 15.2. The zero-order chi connectivity index (χ0) is 17.1. The molecule has 124 valence electrons. The Balaban J connectivity index is 1.88. The molecular weight excluding hydrogens is 316 g/mol. The fourth-order valence-corrected chi connectivity index (χ4v) is 3.58. The number of hydrogen-bond donors (Lipinski definition) is 1. The van der Waals surface area contributed by atoms with Gasteiger partial charge in [-0.3, -0.25) is 0 Å². The van der Waals surface area contributed by atoms with Crippen LogP contribution < -0.4 is 5.73 Å². The quantitative estimate of drug-likeness (QED) is 0.708. The van der Waals surface area contributed by atoms with Gasteiger partial charge in [-0.1, -0.05) is 19.9 Å². The highest BCUT2D eigenvalue weighted by Crippen LogP contribution is 2.26. The smallest absolute Gasteiger partial charge is 0.112 e. The van der Waals surface area contributed by atoms with E-state index >= 15 is 0 Å². The molecule has 5 heteroatoms. The van der Waals surface area contributed by atoms with Crippen LogP contribution in [0.3, 0.4) is 0 Å². The van der Waals surface area contributed by atoms with E-state index in [1.807, 2.05) is 19.1 Å². The first-order valence-electron chi connectivity index (χ1n) is 8.26. The maximum Gasteiger partial charge on any atom is 0.112 e. The maximum atomic E-state index is 6.13. The highest BCUT2D eigenvalue weighted by molar-refractivity contribution is 7.10. The van der Waals surface area contributed by atoms with Gasteiger partial charge in [-0.15, -0.1) is 16.4 Å². The van der Waals surface area contributed by atoms with Crippen molar-refractivity contribution in [1.82, 2.24) is 15.2 Å². The second kappa shape index (κ2) is 7.09. The summed E-state index contributed by atoms with van der Waals surface area (Å²) in [5, 5.41) is 11.5. The first-order chi connectivity index (χ1) is 11.6. The van der Waals surface area contributed by atoms with Gasteiger partial charge in [-0.25, -0.2) is 4.98 Å². The lowest BCUT2D eigenvalue weighted by Crippen LogP contribution is -2.01. The monoisotopic (exact) mass is 338 g/mol. The van der Waals surface area contributed by atoms with Crippen LogP contribution >= 0.6 is 11.3 Å². The predicted octanol–water partition coefficient (Wildman–Crippen LogP) is 4.21. The molecule has 2 heterocycles. The zero-order valence-electron chi connectivity index (χ0n) is 14.3. The Bertz CT molecular complexity index is 837. The lowest BCUT2D eigenvalue weighted by molar-refractivity contribution is 0.978. The van der Waals surface area contributed by atoms with Gasteiger partial charge in [0.2, 0.25) is 0 Å². The number of benzene rings is 1. The third-order valence-electron chi connectivity index (χ3n) is 4.18. The topological polar surface area (TPSA) is 64.7 Å². The average Bonchev–Trinajstić information content (AvgIpc) is 3.05. The number of rotatable bonds is 5. The largest absolute Gasteiger partial charge is 0.398 e. The Morgan fingerprint density at radius 2 is 1.75 bits per heavy atom. The third kappa shape index (κ3) is 3.46. The van der Waals surface area contributed by atoms with Gasteiger partial charge in [0.15, 0.2) is 0 Å². The molecule has 3 rings (SSSR count). The molecule has 0 radical (unpaired) electrons. The van der Waals surface area contributed by atoms with E-state index < -0.39 is 0 Å². The minimum absolute atomic E-state index is 0.824. The van der Waals surface area contributed by atoms with Crippen molar-refractivity contribution in [3.63, 3.8) is 0 Å². The van der Waals surface area contributed by atoms with Crippen LogP contribution in [-0.4, -0.2) is 15.2 Å². The van der Waals surface area contributed by atoms with E-state index in [1.54, 1.807) is 11.3 Å². The molecule has 0 unspecified atom stereocenters. The molecule has 0 aliphatic rings. The second-order valence-corrected chi connectivity index (χ2v) is 6.83. The molecule has 0 spiro atoms. The van der Waals surface area contributed by atoms with Crippen molar-refractivity contribution in [2.24, 2.45) is 0 Å².